The molecule has 2 unspecified atom stereocenters. The lowest BCUT2D eigenvalue weighted by Crippen LogP contribution is -2.44. The van der Waals surface area contributed by atoms with Gasteiger partial charge >= 0.3 is 11.9 Å². The van der Waals surface area contributed by atoms with E-state index >= 15 is 0 Å². The van der Waals surface area contributed by atoms with Gasteiger partial charge in [-0.2, -0.15) is 0 Å². The first-order valence-electron chi connectivity index (χ1n) is 4.25. The van der Waals surface area contributed by atoms with E-state index in [1.54, 1.807) is 6.92 Å². The second-order valence-corrected chi connectivity index (χ2v) is 2.87. The molecule has 0 aromatic heterocycles. The van der Waals surface area contributed by atoms with Crippen LogP contribution in [-0.4, -0.2) is 35.7 Å². The highest BCUT2D eigenvalue weighted by Gasteiger charge is 2.19. The van der Waals surface area contributed by atoms with E-state index in [0.717, 1.165) is 0 Å². The summed E-state index contributed by atoms with van der Waals surface area (Å²) in [5.74, 6) is -1.49. The number of carboxylic acid groups (broad SMARTS) is 1. The molecule has 0 bridgehead atoms. The quantitative estimate of drug-likeness (QED) is 0.473. The van der Waals surface area contributed by atoms with Crippen LogP contribution in [-0.2, 0) is 14.3 Å². The summed E-state index contributed by atoms with van der Waals surface area (Å²) < 4.78 is 4.72. The summed E-state index contributed by atoms with van der Waals surface area (Å²) in [4.78, 5) is 21.6. The Hall–Kier alpha value is -1.36. The SMILES string of the molecule is C=CCOC(=O)C(C)NC(C)C(=O)O. The first-order chi connectivity index (χ1) is 6.49. The highest BCUT2D eigenvalue weighted by atomic mass is 16.5. The second kappa shape index (κ2) is 6.15. The third-order valence-corrected chi connectivity index (χ3v) is 1.57. The first-order valence-corrected chi connectivity index (χ1v) is 4.25. The van der Waals surface area contributed by atoms with Gasteiger partial charge in [-0.25, -0.2) is 0 Å². The fourth-order valence-electron chi connectivity index (χ4n) is 0.780. The average Bonchev–Trinajstić information content (AvgIpc) is 2.13. The maximum absolute atomic E-state index is 11.1. The topological polar surface area (TPSA) is 75.6 Å². The summed E-state index contributed by atoms with van der Waals surface area (Å²) in [7, 11) is 0. The van der Waals surface area contributed by atoms with E-state index in [0.29, 0.717) is 0 Å². The van der Waals surface area contributed by atoms with Gasteiger partial charge in [0.1, 0.15) is 18.7 Å². The highest BCUT2D eigenvalue weighted by molar-refractivity contribution is 5.78. The van der Waals surface area contributed by atoms with E-state index in [1.165, 1.54) is 13.0 Å². The summed E-state index contributed by atoms with van der Waals surface area (Å²) in [5.41, 5.74) is 0. The van der Waals surface area contributed by atoms with Crippen LogP contribution in [0.25, 0.3) is 0 Å². The number of carbonyl (C=O) groups excluding carboxylic acids is 1. The van der Waals surface area contributed by atoms with Gasteiger partial charge in [-0.1, -0.05) is 12.7 Å². The van der Waals surface area contributed by atoms with Crippen LogP contribution < -0.4 is 5.32 Å². The summed E-state index contributed by atoms with van der Waals surface area (Å²) >= 11 is 0. The Kier molecular flexibility index (Phi) is 5.55. The van der Waals surface area contributed by atoms with Crippen LogP contribution in [0.4, 0.5) is 0 Å². The molecule has 0 rings (SSSR count). The lowest BCUT2D eigenvalue weighted by molar-refractivity contribution is -0.145. The zero-order chi connectivity index (χ0) is 11.1. The van der Waals surface area contributed by atoms with Gasteiger partial charge in [0.25, 0.3) is 0 Å². The molecule has 5 heteroatoms. The van der Waals surface area contributed by atoms with E-state index in [4.69, 9.17) is 9.84 Å². The molecule has 0 aliphatic carbocycles. The maximum atomic E-state index is 11.1. The second-order valence-electron chi connectivity index (χ2n) is 2.87. The van der Waals surface area contributed by atoms with Crippen molar-refractivity contribution in [3.8, 4) is 0 Å². The lowest BCUT2D eigenvalue weighted by Gasteiger charge is -2.15. The van der Waals surface area contributed by atoms with Gasteiger partial charge in [0, 0.05) is 0 Å². The van der Waals surface area contributed by atoms with Crippen LogP contribution in [0, 0.1) is 0 Å². The predicted octanol–water partition coefficient (Wildman–Crippen LogP) is 0.167. The number of ether oxygens (including phenoxy) is 1. The van der Waals surface area contributed by atoms with Crippen molar-refractivity contribution in [2.45, 2.75) is 25.9 Å². The Bertz CT molecular complexity index is 227. The van der Waals surface area contributed by atoms with E-state index in [1.807, 2.05) is 0 Å². The van der Waals surface area contributed by atoms with Gasteiger partial charge in [-0.15, -0.1) is 0 Å². The Labute approximate surface area is 82.7 Å². The van der Waals surface area contributed by atoms with Gasteiger partial charge < -0.3 is 9.84 Å². The number of aliphatic carboxylic acids is 1. The molecular formula is C9H15NO4. The molecule has 0 saturated heterocycles. The fourth-order valence-corrected chi connectivity index (χ4v) is 0.780. The third kappa shape index (κ3) is 4.61. The van der Waals surface area contributed by atoms with Crippen molar-refractivity contribution in [1.82, 2.24) is 5.32 Å². The Morgan fingerprint density at radius 2 is 2.07 bits per heavy atom. The number of carbonyl (C=O) groups is 2. The van der Waals surface area contributed by atoms with Crippen LogP contribution in [0.15, 0.2) is 12.7 Å². The smallest absolute Gasteiger partial charge is 0.323 e. The van der Waals surface area contributed by atoms with Crippen molar-refractivity contribution >= 4 is 11.9 Å². The molecule has 0 aliphatic heterocycles. The molecule has 0 fully saturated rings. The van der Waals surface area contributed by atoms with E-state index in [2.05, 4.69) is 11.9 Å². The van der Waals surface area contributed by atoms with E-state index < -0.39 is 24.0 Å². The lowest BCUT2D eigenvalue weighted by atomic mass is 10.2. The molecule has 0 heterocycles. The number of esters is 1. The maximum Gasteiger partial charge on any atom is 0.323 e. The van der Waals surface area contributed by atoms with Crippen molar-refractivity contribution in [1.29, 1.82) is 0 Å². The largest absolute Gasteiger partial charge is 0.480 e. The third-order valence-electron chi connectivity index (χ3n) is 1.57. The molecule has 0 spiro atoms. The van der Waals surface area contributed by atoms with Gasteiger partial charge in [0.05, 0.1) is 0 Å². The fraction of sp³-hybridized carbons (Fsp3) is 0.556. The number of carboxylic acids is 1. The summed E-state index contributed by atoms with van der Waals surface area (Å²) in [6.07, 6.45) is 1.45. The van der Waals surface area contributed by atoms with Crippen LogP contribution in [0.5, 0.6) is 0 Å². The standard InChI is InChI=1S/C9H15NO4/c1-4-5-14-9(13)7(3)10-6(2)8(11)12/h4,6-7,10H,1,5H2,2-3H3,(H,11,12). The van der Waals surface area contributed by atoms with Crippen LogP contribution in [0.3, 0.4) is 0 Å². The van der Waals surface area contributed by atoms with E-state index in [9.17, 15) is 9.59 Å². The number of rotatable bonds is 6. The van der Waals surface area contributed by atoms with Gasteiger partial charge in [0.2, 0.25) is 0 Å². The van der Waals surface area contributed by atoms with Crippen LogP contribution in [0.2, 0.25) is 0 Å². The molecule has 5 nitrogen and oxygen atoms in total. The molecule has 0 aliphatic rings. The van der Waals surface area contributed by atoms with Crippen LogP contribution in [0.1, 0.15) is 13.8 Å². The average molecular weight is 201 g/mol. The van der Waals surface area contributed by atoms with Crippen LogP contribution >= 0.6 is 0 Å². The van der Waals surface area contributed by atoms with Crippen molar-refractivity contribution in [3.63, 3.8) is 0 Å². The highest BCUT2D eigenvalue weighted by Crippen LogP contribution is 1.91. The van der Waals surface area contributed by atoms with Crippen molar-refractivity contribution in [2.75, 3.05) is 6.61 Å². The summed E-state index contributed by atoms with van der Waals surface area (Å²) in [6, 6.07) is -1.41. The number of hydrogen-bond acceptors (Lipinski definition) is 4. The molecule has 0 amide bonds. The number of hydrogen-bond donors (Lipinski definition) is 2. The molecule has 80 valence electrons. The molecule has 14 heavy (non-hydrogen) atoms. The van der Waals surface area contributed by atoms with Crippen molar-refractivity contribution in [2.24, 2.45) is 0 Å². The molecular weight excluding hydrogens is 186 g/mol. The van der Waals surface area contributed by atoms with Crippen molar-refractivity contribution in [3.05, 3.63) is 12.7 Å². The Morgan fingerprint density at radius 3 is 2.50 bits per heavy atom. The zero-order valence-corrected chi connectivity index (χ0v) is 8.32. The van der Waals surface area contributed by atoms with Gasteiger partial charge in [-0.05, 0) is 13.8 Å². The molecule has 0 radical (unpaired) electrons. The normalized spacial score (nSPS) is 14.1. The Balaban J connectivity index is 3.94. The monoisotopic (exact) mass is 201 g/mol. The molecule has 2 atom stereocenters. The zero-order valence-electron chi connectivity index (χ0n) is 8.32. The minimum atomic E-state index is -1.01. The minimum Gasteiger partial charge on any atom is -0.480 e. The first kappa shape index (κ1) is 12.6. The van der Waals surface area contributed by atoms with E-state index in [-0.39, 0.29) is 6.61 Å². The van der Waals surface area contributed by atoms with Crippen molar-refractivity contribution < 1.29 is 19.4 Å². The van der Waals surface area contributed by atoms with Gasteiger partial charge in [-0.3, -0.25) is 14.9 Å². The molecule has 0 aromatic rings. The molecule has 2 N–H and O–H groups in total. The van der Waals surface area contributed by atoms with Gasteiger partial charge in [0.15, 0.2) is 0 Å². The summed E-state index contributed by atoms with van der Waals surface area (Å²) in [6.45, 7) is 6.53. The molecule has 0 aromatic carbocycles. The molecule has 0 saturated carbocycles. The number of nitrogens with one attached hydrogen (secondary N) is 1. The minimum absolute atomic E-state index is 0.131. The Morgan fingerprint density at radius 1 is 1.50 bits per heavy atom. The summed E-state index contributed by atoms with van der Waals surface area (Å²) in [5, 5.41) is 11.1. The predicted molar refractivity (Wildman–Crippen MR) is 50.9 cm³/mol.